The van der Waals surface area contributed by atoms with E-state index in [-0.39, 0.29) is 6.42 Å². The first-order valence-electron chi connectivity index (χ1n) is 4.60. The summed E-state index contributed by atoms with van der Waals surface area (Å²) >= 11 is 0. The Balaban J connectivity index is 2.94. The van der Waals surface area contributed by atoms with Gasteiger partial charge in [-0.25, -0.2) is 0 Å². The van der Waals surface area contributed by atoms with E-state index in [1.54, 1.807) is 26.4 Å². The number of carboxylic acid groups (broad SMARTS) is 1. The normalized spacial score (nSPS) is 9.73. The van der Waals surface area contributed by atoms with E-state index in [0.29, 0.717) is 17.9 Å². The van der Waals surface area contributed by atoms with E-state index in [4.69, 9.17) is 14.6 Å². The van der Waals surface area contributed by atoms with Crippen LogP contribution in [0.3, 0.4) is 0 Å². The van der Waals surface area contributed by atoms with Crippen molar-refractivity contribution in [2.24, 2.45) is 0 Å². The molecule has 1 aromatic rings. The van der Waals surface area contributed by atoms with Crippen molar-refractivity contribution in [3.05, 3.63) is 23.8 Å². The second-order valence-electron chi connectivity index (χ2n) is 3.03. The van der Waals surface area contributed by atoms with E-state index in [2.05, 4.69) is 0 Å². The summed E-state index contributed by atoms with van der Waals surface area (Å²) in [7, 11) is 3.11. The molecule has 0 bridgehead atoms. The second kappa shape index (κ2) is 5.24. The highest BCUT2D eigenvalue weighted by molar-refractivity contribution is 5.67. The summed E-state index contributed by atoms with van der Waals surface area (Å²) < 4.78 is 10.3. The van der Waals surface area contributed by atoms with Gasteiger partial charge in [0.05, 0.1) is 14.2 Å². The third-order valence-corrected chi connectivity index (χ3v) is 2.12. The predicted molar refractivity (Wildman–Crippen MR) is 55.5 cm³/mol. The van der Waals surface area contributed by atoms with Gasteiger partial charge in [-0.15, -0.1) is 0 Å². The van der Waals surface area contributed by atoms with Gasteiger partial charge in [-0.2, -0.15) is 0 Å². The Hall–Kier alpha value is -1.71. The van der Waals surface area contributed by atoms with Crippen LogP contribution in [0.15, 0.2) is 18.2 Å². The molecule has 4 heteroatoms. The lowest BCUT2D eigenvalue weighted by atomic mass is 10.1. The molecule has 0 spiro atoms. The molecule has 0 aliphatic carbocycles. The van der Waals surface area contributed by atoms with Crippen LogP contribution in [0.4, 0.5) is 0 Å². The van der Waals surface area contributed by atoms with Gasteiger partial charge in [0.2, 0.25) is 0 Å². The number of benzene rings is 1. The van der Waals surface area contributed by atoms with Gasteiger partial charge in [0.1, 0.15) is 11.5 Å². The van der Waals surface area contributed by atoms with Gasteiger partial charge in [-0.3, -0.25) is 4.79 Å². The number of hydrogen-bond acceptors (Lipinski definition) is 3. The number of ether oxygens (including phenoxy) is 2. The predicted octanol–water partition coefficient (Wildman–Crippen LogP) is 1.72. The highest BCUT2D eigenvalue weighted by Crippen LogP contribution is 2.29. The molecule has 0 saturated carbocycles. The zero-order valence-electron chi connectivity index (χ0n) is 8.82. The van der Waals surface area contributed by atoms with Crippen LogP contribution in [0.25, 0.3) is 0 Å². The largest absolute Gasteiger partial charge is 0.496 e. The Morgan fingerprint density at radius 1 is 1.27 bits per heavy atom. The maximum atomic E-state index is 10.5. The van der Waals surface area contributed by atoms with Gasteiger partial charge in [-0.05, 0) is 18.6 Å². The van der Waals surface area contributed by atoms with Crippen LogP contribution < -0.4 is 9.47 Å². The van der Waals surface area contributed by atoms with Crippen LogP contribution in [0.1, 0.15) is 12.0 Å². The van der Waals surface area contributed by atoms with E-state index >= 15 is 0 Å². The molecule has 0 heterocycles. The Labute approximate surface area is 88.4 Å². The molecule has 0 saturated heterocycles. The van der Waals surface area contributed by atoms with Crippen molar-refractivity contribution in [3.8, 4) is 11.5 Å². The maximum absolute atomic E-state index is 10.5. The lowest BCUT2D eigenvalue weighted by Crippen LogP contribution is -2.01. The molecule has 4 nitrogen and oxygen atoms in total. The lowest BCUT2D eigenvalue weighted by molar-refractivity contribution is -0.136. The molecule has 0 aromatic heterocycles. The van der Waals surface area contributed by atoms with E-state index in [1.807, 2.05) is 6.07 Å². The van der Waals surface area contributed by atoms with Crippen LogP contribution in [-0.2, 0) is 11.2 Å². The van der Waals surface area contributed by atoms with Crippen molar-refractivity contribution in [1.82, 2.24) is 0 Å². The number of hydrogen-bond donors (Lipinski definition) is 1. The third-order valence-electron chi connectivity index (χ3n) is 2.12. The van der Waals surface area contributed by atoms with E-state index < -0.39 is 5.97 Å². The Bertz CT molecular complexity index is 324. The molecule has 0 unspecified atom stereocenters. The summed E-state index contributed by atoms with van der Waals surface area (Å²) in [5, 5.41) is 8.62. The smallest absolute Gasteiger partial charge is 0.303 e. The topological polar surface area (TPSA) is 55.8 Å². The fourth-order valence-electron chi connectivity index (χ4n) is 1.41. The number of carbonyl (C=O) groups is 1. The van der Waals surface area contributed by atoms with Gasteiger partial charge in [0.25, 0.3) is 0 Å². The Morgan fingerprint density at radius 2 is 1.80 bits per heavy atom. The van der Waals surface area contributed by atoms with Gasteiger partial charge >= 0.3 is 5.97 Å². The van der Waals surface area contributed by atoms with E-state index in [9.17, 15) is 4.79 Å². The minimum Gasteiger partial charge on any atom is -0.496 e. The third kappa shape index (κ3) is 2.87. The first kappa shape index (κ1) is 11.4. The summed E-state index contributed by atoms with van der Waals surface area (Å²) in [5.74, 6) is 0.495. The monoisotopic (exact) mass is 210 g/mol. The average molecular weight is 210 g/mol. The first-order chi connectivity index (χ1) is 7.19. The summed E-state index contributed by atoms with van der Waals surface area (Å²) in [5.41, 5.74) is 0.796. The molecule has 1 rings (SSSR count). The second-order valence-corrected chi connectivity index (χ2v) is 3.03. The molecule has 0 aliphatic heterocycles. The van der Waals surface area contributed by atoms with Crippen LogP contribution >= 0.6 is 0 Å². The van der Waals surface area contributed by atoms with Crippen molar-refractivity contribution in [2.75, 3.05) is 14.2 Å². The highest BCUT2D eigenvalue weighted by Gasteiger charge is 2.10. The van der Waals surface area contributed by atoms with Gasteiger partial charge < -0.3 is 14.6 Å². The van der Waals surface area contributed by atoms with E-state index in [1.165, 1.54) is 0 Å². The lowest BCUT2D eigenvalue weighted by Gasteiger charge is -2.11. The molecule has 82 valence electrons. The molecular formula is C11H14O4. The van der Waals surface area contributed by atoms with Crippen LogP contribution in [-0.4, -0.2) is 25.3 Å². The van der Waals surface area contributed by atoms with Crippen LogP contribution in [0.2, 0.25) is 0 Å². The summed E-state index contributed by atoms with van der Waals surface area (Å²) in [4.78, 5) is 10.5. The van der Waals surface area contributed by atoms with Gasteiger partial charge in [0, 0.05) is 12.0 Å². The van der Waals surface area contributed by atoms with Crippen molar-refractivity contribution in [2.45, 2.75) is 12.8 Å². The van der Waals surface area contributed by atoms with Crippen molar-refractivity contribution in [1.29, 1.82) is 0 Å². The highest BCUT2D eigenvalue weighted by atomic mass is 16.5. The van der Waals surface area contributed by atoms with Gasteiger partial charge in [-0.1, -0.05) is 6.07 Å². The summed E-state index contributed by atoms with van der Waals surface area (Å²) in [6.07, 6.45) is 0.471. The summed E-state index contributed by atoms with van der Waals surface area (Å²) in [6.45, 7) is 0. The number of aliphatic carboxylic acids is 1. The molecule has 0 aliphatic rings. The van der Waals surface area contributed by atoms with Crippen molar-refractivity contribution in [3.63, 3.8) is 0 Å². The number of methoxy groups -OCH3 is 2. The maximum Gasteiger partial charge on any atom is 0.303 e. The zero-order chi connectivity index (χ0) is 11.3. The molecule has 0 atom stereocenters. The summed E-state index contributed by atoms with van der Waals surface area (Å²) in [6, 6.07) is 5.39. The first-order valence-corrected chi connectivity index (χ1v) is 4.60. The minimum atomic E-state index is -0.831. The standard InChI is InChI=1S/C11H14O4/c1-14-9-4-3-5-10(15-2)8(9)6-7-11(12)13/h3-5H,6-7H2,1-2H3,(H,12,13). The van der Waals surface area contributed by atoms with E-state index in [0.717, 1.165) is 5.56 Å². The Morgan fingerprint density at radius 3 is 2.20 bits per heavy atom. The Kier molecular flexibility index (Phi) is 3.97. The molecule has 0 amide bonds. The number of carboxylic acids is 1. The SMILES string of the molecule is COc1cccc(OC)c1CCC(=O)O. The fraction of sp³-hybridized carbons (Fsp3) is 0.364. The van der Waals surface area contributed by atoms with Gasteiger partial charge in [0.15, 0.2) is 0 Å². The molecular weight excluding hydrogens is 196 g/mol. The molecule has 0 radical (unpaired) electrons. The molecule has 0 fully saturated rings. The minimum absolute atomic E-state index is 0.0662. The van der Waals surface area contributed by atoms with Crippen molar-refractivity contribution >= 4 is 5.97 Å². The molecule has 1 N–H and O–H groups in total. The van der Waals surface area contributed by atoms with Crippen LogP contribution in [0, 0.1) is 0 Å². The zero-order valence-corrected chi connectivity index (χ0v) is 8.82. The quantitative estimate of drug-likeness (QED) is 0.804. The van der Waals surface area contributed by atoms with Crippen molar-refractivity contribution < 1.29 is 19.4 Å². The average Bonchev–Trinajstić information content (AvgIpc) is 2.25. The molecule has 15 heavy (non-hydrogen) atoms. The molecule has 1 aromatic carbocycles. The number of rotatable bonds is 5. The van der Waals surface area contributed by atoms with Crippen LogP contribution in [0.5, 0.6) is 11.5 Å². The fourth-order valence-corrected chi connectivity index (χ4v) is 1.41.